The zero-order valence-electron chi connectivity index (χ0n) is 20.7. The molecule has 0 bridgehead atoms. The third kappa shape index (κ3) is 4.65. The summed E-state index contributed by atoms with van der Waals surface area (Å²) < 4.78 is 108. The van der Waals surface area contributed by atoms with E-state index in [4.69, 9.17) is 9.47 Å². The highest BCUT2D eigenvalue weighted by Gasteiger charge is 2.49. The highest BCUT2D eigenvalue weighted by atomic mass is 19.4. The Balaban J connectivity index is 1.45. The molecule has 6 rings (SSSR count). The number of hydrogen-bond acceptors (Lipinski definition) is 6. The second-order valence-corrected chi connectivity index (χ2v) is 10.0. The van der Waals surface area contributed by atoms with E-state index in [-0.39, 0.29) is 41.3 Å². The summed E-state index contributed by atoms with van der Waals surface area (Å²) in [7, 11) is 0. The van der Waals surface area contributed by atoms with Crippen molar-refractivity contribution >= 4 is 21.7 Å². The molecule has 2 aliphatic heterocycles. The van der Waals surface area contributed by atoms with E-state index in [1.54, 1.807) is 0 Å². The molecule has 0 amide bonds. The van der Waals surface area contributed by atoms with Crippen LogP contribution in [-0.4, -0.2) is 64.0 Å². The van der Waals surface area contributed by atoms with Crippen molar-refractivity contribution < 1.29 is 40.2 Å². The number of benzene rings is 2. The van der Waals surface area contributed by atoms with Gasteiger partial charge in [-0.15, -0.1) is 0 Å². The van der Waals surface area contributed by atoms with Crippen LogP contribution in [0.25, 0.3) is 32.9 Å². The standard InChI is InChI=1S/C27H21F7N4O2/c28-15-9-26(7-2-8-38(26)11-15)12-40-25-36-23-17(24(37-25)39-13-27(32,33)34)10-35-22(21(23)31)16-4-1-3-14-5-6-18(29)20(30)19(14)16/h1,3-6,10,15H,2,7-9,11-13H2/t15-,26+/m1/s1. The maximum absolute atomic E-state index is 16.0. The molecule has 4 aromatic rings. The van der Waals surface area contributed by atoms with E-state index in [9.17, 15) is 26.3 Å². The second-order valence-electron chi connectivity index (χ2n) is 10.0. The molecule has 0 radical (unpaired) electrons. The number of aromatic nitrogens is 3. The number of rotatable bonds is 6. The lowest BCUT2D eigenvalue weighted by molar-refractivity contribution is -0.153. The first kappa shape index (κ1) is 26.5. The average Bonchev–Trinajstić information content (AvgIpc) is 3.44. The summed E-state index contributed by atoms with van der Waals surface area (Å²) >= 11 is 0. The number of halogens is 7. The fourth-order valence-electron chi connectivity index (χ4n) is 5.68. The van der Waals surface area contributed by atoms with Crippen LogP contribution in [0, 0.1) is 17.5 Å². The SMILES string of the molecule is Fc1ccc2cccc(-c3ncc4c(OCC(F)(F)F)nc(OC[C@@]56CCCN5C[C@H](F)C6)nc4c3F)c2c1F. The number of fused-ring (bicyclic) bond motifs is 3. The maximum Gasteiger partial charge on any atom is 0.422 e. The van der Waals surface area contributed by atoms with Crippen LogP contribution >= 0.6 is 0 Å². The number of hydrogen-bond donors (Lipinski definition) is 0. The summed E-state index contributed by atoms with van der Waals surface area (Å²) in [6, 6.07) is 6.13. The van der Waals surface area contributed by atoms with Crippen molar-refractivity contribution in [2.24, 2.45) is 0 Å². The molecule has 13 heteroatoms. The zero-order chi connectivity index (χ0) is 28.2. The van der Waals surface area contributed by atoms with Gasteiger partial charge < -0.3 is 9.47 Å². The monoisotopic (exact) mass is 566 g/mol. The van der Waals surface area contributed by atoms with E-state index in [2.05, 4.69) is 15.0 Å². The minimum Gasteiger partial charge on any atom is -0.467 e. The van der Waals surface area contributed by atoms with Crippen molar-refractivity contribution in [2.45, 2.75) is 37.1 Å². The highest BCUT2D eigenvalue weighted by Crippen LogP contribution is 2.41. The first-order chi connectivity index (χ1) is 19.0. The normalized spacial score (nSPS) is 21.3. The van der Waals surface area contributed by atoms with Crippen molar-refractivity contribution in [3.63, 3.8) is 0 Å². The third-order valence-electron chi connectivity index (χ3n) is 7.42. The quantitative estimate of drug-likeness (QED) is 0.261. The van der Waals surface area contributed by atoms with Crippen LogP contribution < -0.4 is 9.47 Å². The molecule has 6 nitrogen and oxygen atoms in total. The topological polar surface area (TPSA) is 60.4 Å². The number of ether oxygens (including phenoxy) is 2. The van der Waals surface area contributed by atoms with Gasteiger partial charge in [0.2, 0.25) is 5.88 Å². The Morgan fingerprint density at radius 2 is 1.85 bits per heavy atom. The molecule has 0 spiro atoms. The minimum atomic E-state index is -4.72. The van der Waals surface area contributed by atoms with Crippen molar-refractivity contribution in [3.8, 4) is 23.1 Å². The van der Waals surface area contributed by atoms with Gasteiger partial charge in [-0.2, -0.15) is 23.1 Å². The van der Waals surface area contributed by atoms with Crippen molar-refractivity contribution in [1.29, 1.82) is 0 Å². The number of alkyl halides is 4. The van der Waals surface area contributed by atoms with Gasteiger partial charge in [0.15, 0.2) is 24.1 Å². The maximum atomic E-state index is 16.0. The van der Waals surface area contributed by atoms with Gasteiger partial charge in [0.05, 0.1) is 10.9 Å². The van der Waals surface area contributed by atoms with Crippen LogP contribution in [0.3, 0.4) is 0 Å². The lowest BCUT2D eigenvalue weighted by Gasteiger charge is -2.30. The van der Waals surface area contributed by atoms with Crippen LogP contribution in [0.15, 0.2) is 36.5 Å². The summed E-state index contributed by atoms with van der Waals surface area (Å²) in [4.78, 5) is 14.0. The van der Waals surface area contributed by atoms with Gasteiger partial charge >= 0.3 is 12.2 Å². The summed E-state index contributed by atoms with van der Waals surface area (Å²) in [6.07, 6.45) is -3.10. The van der Waals surface area contributed by atoms with Crippen molar-refractivity contribution in [2.75, 3.05) is 26.3 Å². The van der Waals surface area contributed by atoms with Gasteiger partial charge in [0.1, 0.15) is 24.0 Å². The Morgan fingerprint density at radius 1 is 1.02 bits per heavy atom. The molecule has 2 aliphatic rings. The van der Waals surface area contributed by atoms with Crippen LogP contribution in [-0.2, 0) is 0 Å². The van der Waals surface area contributed by atoms with Gasteiger partial charge in [-0.05, 0) is 30.8 Å². The van der Waals surface area contributed by atoms with Crippen LogP contribution in [0.5, 0.6) is 11.9 Å². The molecule has 2 aromatic carbocycles. The molecule has 210 valence electrons. The molecule has 2 saturated heterocycles. The third-order valence-corrected chi connectivity index (χ3v) is 7.42. The number of pyridine rings is 1. The van der Waals surface area contributed by atoms with Crippen LogP contribution in [0.4, 0.5) is 30.7 Å². The molecular formula is C27H21F7N4O2. The van der Waals surface area contributed by atoms with Gasteiger partial charge in [-0.25, -0.2) is 17.6 Å². The molecule has 0 unspecified atom stereocenters. The van der Waals surface area contributed by atoms with Gasteiger partial charge in [-0.1, -0.05) is 24.3 Å². The Labute approximate surface area is 222 Å². The van der Waals surface area contributed by atoms with Crippen LogP contribution in [0.1, 0.15) is 19.3 Å². The van der Waals surface area contributed by atoms with Gasteiger partial charge in [-0.3, -0.25) is 9.88 Å². The predicted octanol–water partition coefficient (Wildman–Crippen LogP) is 6.16. The Kier molecular flexibility index (Phi) is 6.43. The van der Waals surface area contributed by atoms with E-state index in [0.717, 1.165) is 18.7 Å². The van der Waals surface area contributed by atoms with E-state index >= 15 is 4.39 Å². The molecule has 40 heavy (non-hydrogen) atoms. The zero-order valence-corrected chi connectivity index (χ0v) is 20.7. The Bertz CT molecular complexity index is 1620. The lowest BCUT2D eigenvalue weighted by Crippen LogP contribution is -2.43. The van der Waals surface area contributed by atoms with Crippen molar-refractivity contribution in [3.05, 3.63) is 54.0 Å². The molecule has 2 fully saturated rings. The fourth-order valence-corrected chi connectivity index (χ4v) is 5.68. The van der Waals surface area contributed by atoms with E-state index in [1.165, 1.54) is 24.3 Å². The first-order valence-electron chi connectivity index (χ1n) is 12.5. The Morgan fingerprint density at radius 3 is 2.65 bits per heavy atom. The second kappa shape index (κ2) is 9.72. The molecular weight excluding hydrogens is 545 g/mol. The van der Waals surface area contributed by atoms with Crippen molar-refractivity contribution in [1.82, 2.24) is 19.9 Å². The van der Waals surface area contributed by atoms with Gasteiger partial charge in [0, 0.05) is 30.1 Å². The molecule has 0 aliphatic carbocycles. The average molecular weight is 566 g/mol. The summed E-state index contributed by atoms with van der Waals surface area (Å²) in [5.41, 5.74) is -1.62. The van der Waals surface area contributed by atoms with E-state index in [1.807, 2.05) is 4.90 Å². The molecule has 0 N–H and O–H groups in total. The number of nitrogens with zero attached hydrogens (tertiary/aromatic N) is 4. The largest absolute Gasteiger partial charge is 0.467 e. The Hall–Kier alpha value is -3.74. The molecule has 4 heterocycles. The van der Waals surface area contributed by atoms with E-state index < -0.39 is 65.0 Å². The minimum absolute atomic E-state index is 0.0645. The summed E-state index contributed by atoms with van der Waals surface area (Å²) in [6.45, 7) is -0.871. The summed E-state index contributed by atoms with van der Waals surface area (Å²) in [5, 5.41) is -0.230. The molecule has 2 aromatic heterocycles. The predicted molar refractivity (Wildman–Crippen MR) is 130 cm³/mol. The lowest BCUT2D eigenvalue weighted by atomic mass is 9.95. The van der Waals surface area contributed by atoms with E-state index in [0.29, 0.717) is 13.0 Å². The first-order valence-corrected chi connectivity index (χ1v) is 12.5. The fraction of sp³-hybridized carbons (Fsp3) is 0.370. The highest BCUT2D eigenvalue weighted by molar-refractivity contribution is 5.98. The van der Waals surface area contributed by atoms with Crippen LogP contribution in [0.2, 0.25) is 0 Å². The van der Waals surface area contributed by atoms with Gasteiger partial charge in [0.25, 0.3) is 0 Å². The summed E-state index contributed by atoms with van der Waals surface area (Å²) in [5.74, 6) is -4.10. The molecule has 2 atom stereocenters. The molecule has 0 saturated carbocycles. The smallest absolute Gasteiger partial charge is 0.422 e.